The molecule has 1 nitrogen and oxygen atoms in total. The molecule has 3 fully saturated rings. The number of alkyl halides is 1. The molecule has 0 aromatic carbocycles. The van der Waals surface area contributed by atoms with Crippen LogP contribution in [0.3, 0.4) is 0 Å². The second-order valence-electron chi connectivity index (χ2n) is 7.08. The zero-order valence-corrected chi connectivity index (χ0v) is 13.0. The lowest BCUT2D eigenvalue weighted by atomic mass is 9.62. The first-order valence-corrected chi connectivity index (χ1v) is 8.95. The van der Waals surface area contributed by atoms with E-state index in [1.165, 1.54) is 57.8 Å². The van der Waals surface area contributed by atoms with E-state index in [1.807, 2.05) is 0 Å². The van der Waals surface area contributed by atoms with Crippen LogP contribution in [0.25, 0.3) is 0 Å². The maximum atomic E-state index is 10.7. The van der Waals surface area contributed by atoms with Crippen LogP contribution in [0.1, 0.15) is 70.6 Å². The Morgan fingerprint density at radius 1 is 0.778 bits per heavy atom. The smallest absolute Gasteiger partial charge is 0.0676 e. The van der Waals surface area contributed by atoms with Crippen molar-refractivity contribution in [2.24, 2.45) is 17.8 Å². The molecule has 0 aromatic heterocycles. The lowest BCUT2D eigenvalue weighted by Gasteiger charge is -2.47. The summed E-state index contributed by atoms with van der Waals surface area (Å²) in [5, 5.41) is 10.7. The molecular weight excluding hydrogens is 288 g/mol. The van der Waals surface area contributed by atoms with Gasteiger partial charge in [-0.3, -0.25) is 0 Å². The highest BCUT2D eigenvalue weighted by Gasteiger charge is 2.43. The summed E-state index contributed by atoms with van der Waals surface area (Å²) in [6.45, 7) is 0. The average Bonchev–Trinajstić information content (AvgIpc) is 2.29. The first-order valence-electron chi connectivity index (χ1n) is 8.04. The zero-order chi connectivity index (χ0) is 12.6. The van der Waals surface area contributed by atoms with Crippen LogP contribution in [0.5, 0.6) is 0 Å². The predicted octanol–water partition coefficient (Wildman–Crippen LogP) is 4.66. The Morgan fingerprint density at radius 3 is 1.83 bits per heavy atom. The van der Waals surface area contributed by atoms with Gasteiger partial charge in [-0.1, -0.05) is 22.4 Å². The second-order valence-corrected chi connectivity index (χ2v) is 8.38. The summed E-state index contributed by atoms with van der Waals surface area (Å²) < 4.78 is 0. The van der Waals surface area contributed by atoms with E-state index in [2.05, 4.69) is 15.9 Å². The molecule has 1 N–H and O–H groups in total. The molecule has 0 radical (unpaired) electrons. The minimum absolute atomic E-state index is 0.263. The molecule has 0 unspecified atom stereocenters. The van der Waals surface area contributed by atoms with Gasteiger partial charge in [-0.15, -0.1) is 0 Å². The third-order valence-corrected chi connectivity index (χ3v) is 7.04. The van der Waals surface area contributed by atoms with Crippen molar-refractivity contribution >= 4 is 15.9 Å². The van der Waals surface area contributed by atoms with Crippen molar-refractivity contribution in [3.63, 3.8) is 0 Å². The van der Waals surface area contributed by atoms with Crippen molar-refractivity contribution in [3.8, 4) is 0 Å². The highest BCUT2D eigenvalue weighted by atomic mass is 79.9. The van der Waals surface area contributed by atoms with E-state index in [0.717, 1.165) is 29.5 Å². The molecule has 18 heavy (non-hydrogen) atoms. The van der Waals surface area contributed by atoms with Gasteiger partial charge in [0.05, 0.1) is 5.60 Å². The lowest BCUT2D eigenvalue weighted by Crippen LogP contribution is -2.45. The molecule has 3 aliphatic carbocycles. The van der Waals surface area contributed by atoms with Gasteiger partial charge < -0.3 is 5.11 Å². The van der Waals surface area contributed by atoms with Crippen molar-refractivity contribution in [1.82, 2.24) is 0 Å². The van der Waals surface area contributed by atoms with E-state index in [4.69, 9.17) is 0 Å². The van der Waals surface area contributed by atoms with Crippen LogP contribution in [0.2, 0.25) is 0 Å². The lowest BCUT2D eigenvalue weighted by molar-refractivity contribution is -0.0903. The Balaban J connectivity index is 1.50. The molecule has 0 atom stereocenters. The van der Waals surface area contributed by atoms with Gasteiger partial charge in [-0.25, -0.2) is 0 Å². The van der Waals surface area contributed by atoms with Crippen LogP contribution in [0, 0.1) is 17.8 Å². The maximum absolute atomic E-state index is 10.7. The van der Waals surface area contributed by atoms with E-state index < -0.39 is 0 Å². The fourth-order valence-electron chi connectivity index (χ4n) is 4.52. The molecule has 3 saturated carbocycles. The van der Waals surface area contributed by atoms with Crippen molar-refractivity contribution in [1.29, 1.82) is 0 Å². The molecule has 0 aromatic rings. The summed E-state index contributed by atoms with van der Waals surface area (Å²) in [6, 6.07) is 0. The number of hydrogen-bond acceptors (Lipinski definition) is 1. The van der Waals surface area contributed by atoms with Crippen LogP contribution >= 0.6 is 15.9 Å². The Bertz CT molecular complexity index is 271. The number of aliphatic hydroxyl groups is 1. The Labute approximate surface area is 120 Å². The van der Waals surface area contributed by atoms with E-state index in [9.17, 15) is 5.11 Å². The van der Waals surface area contributed by atoms with Gasteiger partial charge in [0.2, 0.25) is 0 Å². The van der Waals surface area contributed by atoms with Crippen molar-refractivity contribution in [2.45, 2.75) is 81.1 Å². The SMILES string of the molecule is OC1(C2CCC2)CCC(C2CCC(Br)CC2)CC1. The molecule has 0 aliphatic heterocycles. The molecule has 0 heterocycles. The van der Waals surface area contributed by atoms with Crippen molar-refractivity contribution in [3.05, 3.63) is 0 Å². The molecule has 0 saturated heterocycles. The fraction of sp³-hybridized carbons (Fsp3) is 1.00. The molecule has 3 aliphatic rings. The molecule has 104 valence electrons. The first kappa shape index (κ1) is 13.4. The minimum Gasteiger partial charge on any atom is -0.390 e. The highest BCUT2D eigenvalue weighted by Crippen LogP contribution is 2.48. The monoisotopic (exact) mass is 314 g/mol. The van der Waals surface area contributed by atoms with E-state index >= 15 is 0 Å². The van der Waals surface area contributed by atoms with E-state index in [1.54, 1.807) is 0 Å². The van der Waals surface area contributed by atoms with Gasteiger partial charge in [-0.05, 0) is 82.0 Å². The summed E-state index contributed by atoms with van der Waals surface area (Å²) in [5.74, 6) is 2.53. The van der Waals surface area contributed by atoms with Crippen LogP contribution in [-0.4, -0.2) is 15.5 Å². The summed E-state index contributed by atoms with van der Waals surface area (Å²) in [6.07, 6.45) is 14.3. The van der Waals surface area contributed by atoms with Crippen molar-refractivity contribution < 1.29 is 5.11 Å². The molecular formula is C16H27BrO. The van der Waals surface area contributed by atoms with Gasteiger partial charge in [0, 0.05) is 4.83 Å². The highest BCUT2D eigenvalue weighted by molar-refractivity contribution is 9.09. The van der Waals surface area contributed by atoms with Gasteiger partial charge in [0.15, 0.2) is 0 Å². The minimum atomic E-state index is -0.263. The van der Waals surface area contributed by atoms with Crippen molar-refractivity contribution in [2.75, 3.05) is 0 Å². The topological polar surface area (TPSA) is 20.2 Å². The fourth-order valence-corrected chi connectivity index (χ4v) is 5.04. The Morgan fingerprint density at radius 2 is 1.33 bits per heavy atom. The van der Waals surface area contributed by atoms with Gasteiger partial charge in [-0.2, -0.15) is 0 Å². The summed E-state index contributed by atoms with van der Waals surface area (Å²) in [4.78, 5) is 0.782. The third-order valence-electron chi connectivity index (χ3n) is 6.13. The molecule has 0 bridgehead atoms. The Kier molecular flexibility index (Phi) is 4.06. The second kappa shape index (κ2) is 5.44. The number of rotatable bonds is 2. The number of hydrogen-bond donors (Lipinski definition) is 1. The standard InChI is InChI=1S/C16H27BrO/c17-15-6-4-12(5-7-15)13-8-10-16(18,11-9-13)14-2-1-3-14/h12-15,18H,1-11H2. The molecule has 3 rings (SSSR count). The largest absolute Gasteiger partial charge is 0.390 e. The van der Waals surface area contributed by atoms with Gasteiger partial charge >= 0.3 is 0 Å². The average molecular weight is 315 g/mol. The molecule has 2 heteroatoms. The third kappa shape index (κ3) is 2.65. The van der Waals surface area contributed by atoms with Crippen LogP contribution < -0.4 is 0 Å². The molecule has 0 amide bonds. The normalized spacial score (nSPS) is 46.7. The van der Waals surface area contributed by atoms with Gasteiger partial charge in [0.1, 0.15) is 0 Å². The molecule has 0 spiro atoms. The van der Waals surface area contributed by atoms with E-state index in [0.29, 0.717) is 5.92 Å². The zero-order valence-electron chi connectivity index (χ0n) is 11.4. The maximum Gasteiger partial charge on any atom is 0.0676 e. The number of halogens is 1. The summed E-state index contributed by atoms with van der Waals surface area (Å²) in [7, 11) is 0. The van der Waals surface area contributed by atoms with Crippen LogP contribution in [0.4, 0.5) is 0 Å². The Hall–Kier alpha value is 0.440. The van der Waals surface area contributed by atoms with Crippen LogP contribution in [-0.2, 0) is 0 Å². The summed E-state index contributed by atoms with van der Waals surface area (Å²) in [5.41, 5.74) is -0.263. The van der Waals surface area contributed by atoms with Gasteiger partial charge in [0.25, 0.3) is 0 Å². The first-order chi connectivity index (χ1) is 8.67. The van der Waals surface area contributed by atoms with E-state index in [-0.39, 0.29) is 5.60 Å². The van der Waals surface area contributed by atoms with Crippen LogP contribution in [0.15, 0.2) is 0 Å². The predicted molar refractivity (Wildman–Crippen MR) is 78.9 cm³/mol. The quantitative estimate of drug-likeness (QED) is 0.735. The summed E-state index contributed by atoms with van der Waals surface area (Å²) >= 11 is 3.75.